The Balaban J connectivity index is 2.12. The Morgan fingerprint density at radius 3 is 2.65 bits per heavy atom. The van der Waals surface area contributed by atoms with E-state index < -0.39 is 6.04 Å². The van der Waals surface area contributed by atoms with Crippen molar-refractivity contribution in [2.45, 2.75) is 45.1 Å². The Kier molecular flexibility index (Phi) is 6.20. The van der Waals surface area contributed by atoms with Gasteiger partial charge in [0.15, 0.2) is 0 Å². The summed E-state index contributed by atoms with van der Waals surface area (Å²) in [5, 5.41) is 8.83. The molecule has 1 aliphatic heterocycles. The van der Waals surface area contributed by atoms with E-state index in [9.17, 15) is 9.59 Å². The molecule has 1 aromatic rings. The molecule has 2 rings (SSSR count). The number of benzene rings is 1. The van der Waals surface area contributed by atoms with Crippen LogP contribution in [0, 0.1) is 0 Å². The molecule has 5 heteroatoms. The highest BCUT2D eigenvalue weighted by molar-refractivity contribution is 5.95. The molecule has 1 heterocycles. The summed E-state index contributed by atoms with van der Waals surface area (Å²) in [6.45, 7) is 5.98. The topological polar surface area (TPSA) is 70.2 Å². The minimum Gasteiger partial charge on any atom is -0.376 e. The molecular formula is C18H25N3O2. The standard InChI is InChI=1S/C18H25N3O2/c1-13-12-19-17(22)11-5-3-4-8-15-9-6-7-10-16(15)21-18(23)14(2)20-13/h6-7,9-10,14,20H,1,3-5,8,11-12H2,2H3,(H,19,22)(H,21,23)/t14-/m1/s1. The van der Waals surface area contributed by atoms with Gasteiger partial charge in [-0.3, -0.25) is 9.59 Å². The second-order valence-corrected chi connectivity index (χ2v) is 5.95. The maximum atomic E-state index is 12.3. The molecule has 0 aromatic heterocycles. The van der Waals surface area contributed by atoms with Gasteiger partial charge in [0.1, 0.15) is 6.04 Å². The van der Waals surface area contributed by atoms with Crippen LogP contribution in [0.1, 0.15) is 38.2 Å². The van der Waals surface area contributed by atoms with Gasteiger partial charge in [0.2, 0.25) is 11.8 Å². The van der Waals surface area contributed by atoms with Gasteiger partial charge < -0.3 is 16.0 Å². The summed E-state index contributed by atoms with van der Waals surface area (Å²) in [6, 6.07) is 7.45. The molecule has 23 heavy (non-hydrogen) atoms. The molecule has 124 valence electrons. The van der Waals surface area contributed by atoms with Crippen LogP contribution in [0.5, 0.6) is 0 Å². The van der Waals surface area contributed by atoms with Gasteiger partial charge in [-0.15, -0.1) is 0 Å². The molecule has 1 aromatic carbocycles. The van der Waals surface area contributed by atoms with Crippen molar-refractivity contribution in [1.82, 2.24) is 10.6 Å². The summed E-state index contributed by atoms with van der Waals surface area (Å²) >= 11 is 0. The normalized spacial score (nSPS) is 21.1. The lowest BCUT2D eigenvalue weighted by Crippen LogP contribution is -2.40. The molecule has 0 saturated carbocycles. The van der Waals surface area contributed by atoms with Gasteiger partial charge in [-0.05, 0) is 37.8 Å². The van der Waals surface area contributed by atoms with Crippen LogP contribution in [-0.4, -0.2) is 24.4 Å². The molecule has 0 fully saturated rings. The Hall–Kier alpha value is -2.30. The molecular weight excluding hydrogens is 290 g/mol. The average molecular weight is 315 g/mol. The Labute approximate surface area is 137 Å². The van der Waals surface area contributed by atoms with Crippen LogP contribution in [-0.2, 0) is 16.0 Å². The largest absolute Gasteiger partial charge is 0.376 e. The number of fused-ring (bicyclic) bond motifs is 1. The van der Waals surface area contributed by atoms with E-state index in [0.717, 1.165) is 36.9 Å². The minimum atomic E-state index is -0.419. The summed E-state index contributed by atoms with van der Waals surface area (Å²) in [5.41, 5.74) is 2.62. The van der Waals surface area contributed by atoms with Crippen LogP contribution in [0.3, 0.4) is 0 Å². The van der Waals surface area contributed by atoms with E-state index in [-0.39, 0.29) is 11.8 Å². The maximum Gasteiger partial charge on any atom is 0.246 e. The van der Waals surface area contributed by atoms with Gasteiger partial charge >= 0.3 is 0 Å². The van der Waals surface area contributed by atoms with Gasteiger partial charge in [0.25, 0.3) is 0 Å². The zero-order chi connectivity index (χ0) is 16.7. The molecule has 0 radical (unpaired) electrons. The van der Waals surface area contributed by atoms with Crippen LogP contribution in [0.4, 0.5) is 5.69 Å². The fraction of sp³-hybridized carbons (Fsp3) is 0.444. The number of amides is 2. The average Bonchev–Trinajstić information content (AvgIpc) is 2.53. The van der Waals surface area contributed by atoms with Crippen molar-refractivity contribution >= 4 is 17.5 Å². The summed E-state index contributed by atoms with van der Waals surface area (Å²) < 4.78 is 0. The summed E-state index contributed by atoms with van der Waals surface area (Å²) in [7, 11) is 0. The molecule has 0 saturated heterocycles. The van der Waals surface area contributed by atoms with Crippen molar-refractivity contribution in [3.05, 3.63) is 42.1 Å². The number of hydrogen-bond donors (Lipinski definition) is 3. The van der Waals surface area contributed by atoms with Crippen LogP contribution in [0.25, 0.3) is 0 Å². The van der Waals surface area contributed by atoms with Crippen molar-refractivity contribution < 1.29 is 9.59 Å². The SMILES string of the molecule is C=C1CNC(=O)CCCCCc2ccccc2NC(=O)[C@@H](C)N1. The van der Waals surface area contributed by atoms with Crippen molar-refractivity contribution in [1.29, 1.82) is 0 Å². The van der Waals surface area contributed by atoms with Crippen molar-refractivity contribution in [3.63, 3.8) is 0 Å². The molecule has 0 bridgehead atoms. The zero-order valence-electron chi connectivity index (χ0n) is 13.7. The van der Waals surface area contributed by atoms with Gasteiger partial charge in [0, 0.05) is 17.8 Å². The first-order valence-corrected chi connectivity index (χ1v) is 8.16. The number of aryl methyl sites for hydroxylation is 1. The number of hydrogen-bond acceptors (Lipinski definition) is 3. The van der Waals surface area contributed by atoms with Crippen LogP contribution in [0.2, 0.25) is 0 Å². The van der Waals surface area contributed by atoms with Gasteiger partial charge in [-0.2, -0.15) is 0 Å². The van der Waals surface area contributed by atoms with Crippen molar-refractivity contribution in [2.24, 2.45) is 0 Å². The molecule has 2 amide bonds. The predicted octanol–water partition coefficient (Wildman–Crippen LogP) is 2.35. The number of para-hydroxylation sites is 1. The van der Waals surface area contributed by atoms with E-state index in [1.54, 1.807) is 6.92 Å². The zero-order valence-corrected chi connectivity index (χ0v) is 13.7. The highest BCUT2D eigenvalue weighted by Gasteiger charge is 2.15. The van der Waals surface area contributed by atoms with Gasteiger partial charge in [-0.1, -0.05) is 31.2 Å². The molecule has 0 unspecified atom stereocenters. The number of carbonyl (C=O) groups is 2. The molecule has 1 aliphatic rings. The maximum absolute atomic E-state index is 12.3. The monoisotopic (exact) mass is 315 g/mol. The highest BCUT2D eigenvalue weighted by atomic mass is 16.2. The Bertz CT molecular complexity index is 583. The van der Waals surface area contributed by atoms with Crippen LogP contribution >= 0.6 is 0 Å². The lowest BCUT2D eigenvalue weighted by atomic mass is 10.0. The van der Waals surface area contributed by atoms with Crippen molar-refractivity contribution in [2.75, 3.05) is 11.9 Å². The Morgan fingerprint density at radius 2 is 1.83 bits per heavy atom. The van der Waals surface area contributed by atoms with E-state index in [1.807, 2.05) is 24.3 Å². The predicted molar refractivity (Wildman–Crippen MR) is 92.0 cm³/mol. The quantitative estimate of drug-likeness (QED) is 0.688. The first kappa shape index (κ1) is 17.1. The molecule has 5 nitrogen and oxygen atoms in total. The third kappa shape index (κ3) is 5.43. The fourth-order valence-electron chi connectivity index (χ4n) is 2.60. The van der Waals surface area contributed by atoms with E-state index >= 15 is 0 Å². The fourth-order valence-corrected chi connectivity index (χ4v) is 2.60. The first-order valence-electron chi connectivity index (χ1n) is 8.16. The molecule has 1 atom stereocenters. The summed E-state index contributed by atoms with van der Waals surface area (Å²) in [4.78, 5) is 24.1. The number of carbonyl (C=O) groups excluding carboxylic acids is 2. The van der Waals surface area contributed by atoms with E-state index in [0.29, 0.717) is 18.7 Å². The molecule has 3 N–H and O–H groups in total. The van der Waals surface area contributed by atoms with Crippen LogP contribution in [0.15, 0.2) is 36.5 Å². The van der Waals surface area contributed by atoms with E-state index in [1.165, 1.54) is 0 Å². The third-order valence-corrected chi connectivity index (χ3v) is 3.94. The summed E-state index contributed by atoms with van der Waals surface area (Å²) in [6.07, 6.45) is 4.29. The smallest absolute Gasteiger partial charge is 0.246 e. The highest BCUT2D eigenvalue weighted by Crippen LogP contribution is 2.18. The van der Waals surface area contributed by atoms with E-state index in [4.69, 9.17) is 0 Å². The van der Waals surface area contributed by atoms with E-state index in [2.05, 4.69) is 22.5 Å². The second kappa shape index (κ2) is 8.36. The summed E-state index contributed by atoms with van der Waals surface area (Å²) in [5.74, 6) is -0.0832. The van der Waals surface area contributed by atoms with Crippen LogP contribution < -0.4 is 16.0 Å². The van der Waals surface area contributed by atoms with Gasteiger partial charge in [0.05, 0.1) is 6.54 Å². The van der Waals surface area contributed by atoms with Crippen molar-refractivity contribution in [3.8, 4) is 0 Å². The number of rotatable bonds is 0. The Morgan fingerprint density at radius 1 is 1.09 bits per heavy atom. The number of anilines is 1. The second-order valence-electron chi connectivity index (χ2n) is 5.95. The third-order valence-electron chi connectivity index (χ3n) is 3.94. The number of nitrogens with one attached hydrogen (secondary N) is 3. The minimum absolute atomic E-state index is 0.0281. The molecule has 0 aliphatic carbocycles. The lowest BCUT2D eigenvalue weighted by molar-refractivity contribution is -0.121. The lowest BCUT2D eigenvalue weighted by Gasteiger charge is -2.18. The molecule has 0 spiro atoms. The van der Waals surface area contributed by atoms with Gasteiger partial charge in [-0.25, -0.2) is 0 Å². The first-order chi connectivity index (χ1) is 11.1.